The highest BCUT2D eigenvalue weighted by atomic mass is 32.3. The molecule has 3 radical (unpaired) electrons. The quantitative estimate of drug-likeness (QED) is 0.613. The zero-order chi connectivity index (χ0) is 15.1. The van der Waals surface area contributed by atoms with Crippen LogP contribution >= 0.6 is 0 Å². The summed E-state index contributed by atoms with van der Waals surface area (Å²) in [5.74, 6) is 3.06. The fraction of sp³-hybridized carbons (Fsp3) is 0.667. The van der Waals surface area contributed by atoms with Gasteiger partial charge in [-0.1, -0.05) is 6.07 Å². The van der Waals surface area contributed by atoms with E-state index in [4.69, 9.17) is 17.5 Å². The van der Waals surface area contributed by atoms with Crippen LogP contribution in [0.15, 0.2) is 24.4 Å². The van der Waals surface area contributed by atoms with Gasteiger partial charge >= 0.3 is 10.4 Å². The second kappa shape index (κ2) is 6.30. The van der Waals surface area contributed by atoms with Gasteiger partial charge in [-0.25, -0.2) is 0 Å². The van der Waals surface area contributed by atoms with Crippen molar-refractivity contribution >= 4 is 18.8 Å². The number of hydrogen-bond acceptors (Lipinski definition) is 3. The van der Waals surface area contributed by atoms with E-state index in [0.29, 0.717) is 5.41 Å². The van der Waals surface area contributed by atoms with Crippen molar-refractivity contribution in [3.05, 3.63) is 30.1 Å². The van der Waals surface area contributed by atoms with Gasteiger partial charge in [-0.2, -0.15) is 8.42 Å². The number of rotatable bonds is 1. The van der Waals surface area contributed by atoms with Gasteiger partial charge in [-0.3, -0.25) is 14.1 Å². The molecular weight excluding hydrogens is 301 g/mol. The fourth-order valence-electron chi connectivity index (χ4n) is 5.10. The Kier molecular flexibility index (Phi) is 4.99. The Balaban J connectivity index is 0.000000261. The van der Waals surface area contributed by atoms with Crippen LogP contribution in [0.5, 0.6) is 0 Å². The molecule has 119 valence electrons. The fourth-order valence-corrected chi connectivity index (χ4v) is 5.10. The molecule has 4 saturated carbocycles. The number of pyridine rings is 1. The lowest BCUT2D eigenvalue weighted by atomic mass is 9.49. The molecule has 0 unspecified atom stereocenters. The summed E-state index contributed by atoms with van der Waals surface area (Å²) in [5, 5.41) is 0. The Hall–Kier alpha value is -0.915. The van der Waals surface area contributed by atoms with Gasteiger partial charge in [0.05, 0.1) is 0 Å². The zero-order valence-electron chi connectivity index (χ0n) is 12.4. The van der Waals surface area contributed by atoms with Gasteiger partial charge in [0.25, 0.3) is 0 Å². The minimum Gasteiger partial charge on any atom is -0.264 e. The molecule has 4 bridgehead atoms. The third kappa shape index (κ3) is 3.88. The van der Waals surface area contributed by atoms with E-state index in [1.807, 2.05) is 12.3 Å². The van der Waals surface area contributed by atoms with Crippen LogP contribution in [0.4, 0.5) is 0 Å². The molecule has 0 amide bonds. The first-order valence-electron chi connectivity index (χ1n) is 7.45. The Labute approximate surface area is 133 Å². The zero-order valence-corrected chi connectivity index (χ0v) is 13.2. The molecule has 4 aliphatic carbocycles. The number of nitrogens with zero attached hydrogens (tertiary/aromatic N) is 1. The maximum Gasteiger partial charge on any atom is 0.394 e. The van der Waals surface area contributed by atoms with Gasteiger partial charge in [0.15, 0.2) is 0 Å². The molecule has 0 saturated heterocycles. The van der Waals surface area contributed by atoms with E-state index in [9.17, 15) is 0 Å². The van der Waals surface area contributed by atoms with Crippen LogP contribution in [-0.2, 0) is 15.8 Å². The van der Waals surface area contributed by atoms with E-state index in [1.54, 1.807) is 0 Å². The van der Waals surface area contributed by atoms with Crippen LogP contribution in [0.1, 0.15) is 44.2 Å². The molecule has 5 nitrogen and oxygen atoms in total. The van der Waals surface area contributed by atoms with E-state index >= 15 is 0 Å². The van der Waals surface area contributed by atoms with Crippen LogP contribution < -0.4 is 0 Å². The van der Waals surface area contributed by atoms with Crippen LogP contribution in [0.25, 0.3) is 0 Å². The Morgan fingerprint density at radius 3 is 1.82 bits per heavy atom. The van der Waals surface area contributed by atoms with E-state index in [-0.39, 0.29) is 8.41 Å². The van der Waals surface area contributed by atoms with Crippen molar-refractivity contribution in [2.75, 3.05) is 0 Å². The topological polar surface area (TPSA) is 87.5 Å². The average Bonchev–Trinajstić information content (AvgIpc) is 2.36. The van der Waals surface area contributed by atoms with Crippen LogP contribution in [0, 0.1) is 17.8 Å². The van der Waals surface area contributed by atoms with Crippen molar-refractivity contribution in [2.24, 2.45) is 17.8 Å². The lowest BCUT2D eigenvalue weighted by Gasteiger charge is -2.56. The normalized spacial score (nSPS) is 35.3. The smallest absolute Gasteiger partial charge is 0.264 e. The Morgan fingerprint density at radius 1 is 1.00 bits per heavy atom. The standard InChI is InChI=1S/C15H19N.B.H2O4S/c1-2-4-16-14(3-1)15-8-11-5-12(9-15)7-13(6-11)10-15;;1-5(2,3)4/h1-4,11-13H,5-10H2;;(H2,1,2,3,4). The summed E-state index contributed by atoms with van der Waals surface area (Å²) < 4.78 is 31.6. The maximum atomic E-state index is 8.74. The summed E-state index contributed by atoms with van der Waals surface area (Å²) in [6.45, 7) is 0. The maximum absolute atomic E-state index is 8.74. The van der Waals surface area contributed by atoms with Gasteiger partial charge in [-0.15, -0.1) is 0 Å². The highest BCUT2D eigenvalue weighted by Gasteiger charge is 2.52. The highest BCUT2D eigenvalue weighted by molar-refractivity contribution is 7.79. The average molecular weight is 322 g/mol. The van der Waals surface area contributed by atoms with Crippen molar-refractivity contribution in [3.63, 3.8) is 0 Å². The lowest BCUT2D eigenvalue weighted by molar-refractivity contribution is -0.00719. The minimum atomic E-state index is -4.67. The van der Waals surface area contributed by atoms with Crippen molar-refractivity contribution in [2.45, 2.75) is 43.9 Å². The van der Waals surface area contributed by atoms with Gasteiger partial charge in [0, 0.05) is 25.7 Å². The largest absolute Gasteiger partial charge is 0.394 e. The van der Waals surface area contributed by atoms with E-state index in [2.05, 4.69) is 17.1 Å². The molecule has 7 heteroatoms. The first kappa shape index (κ1) is 17.4. The van der Waals surface area contributed by atoms with Crippen molar-refractivity contribution in [1.82, 2.24) is 4.98 Å². The molecule has 5 rings (SSSR count). The van der Waals surface area contributed by atoms with Crippen molar-refractivity contribution < 1.29 is 17.5 Å². The molecule has 0 spiro atoms. The minimum absolute atomic E-state index is 0. The predicted molar refractivity (Wildman–Crippen MR) is 84.0 cm³/mol. The Bertz CT molecular complexity index is 562. The molecule has 1 aromatic heterocycles. The second-order valence-corrected chi connectivity index (χ2v) is 7.76. The van der Waals surface area contributed by atoms with Crippen LogP contribution in [0.2, 0.25) is 0 Å². The molecule has 0 aliphatic heterocycles. The summed E-state index contributed by atoms with van der Waals surface area (Å²) in [6, 6.07) is 6.48. The van der Waals surface area contributed by atoms with Gasteiger partial charge in [-0.05, 0) is 68.4 Å². The molecule has 1 aromatic rings. The summed E-state index contributed by atoms with van der Waals surface area (Å²) in [4.78, 5) is 4.67. The van der Waals surface area contributed by atoms with E-state index in [0.717, 1.165) is 17.8 Å². The predicted octanol–water partition coefficient (Wildman–Crippen LogP) is 2.52. The first-order chi connectivity index (χ1) is 9.84. The summed E-state index contributed by atoms with van der Waals surface area (Å²) in [5.41, 5.74) is 1.88. The van der Waals surface area contributed by atoms with Gasteiger partial charge in [0.2, 0.25) is 0 Å². The van der Waals surface area contributed by atoms with Crippen LogP contribution in [-0.4, -0.2) is 30.9 Å². The summed E-state index contributed by atoms with van der Waals surface area (Å²) in [6.07, 6.45) is 10.8. The molecule has 4 fully saturated rings. The molecule has 22 heavy (non-hydrogen) atoms. The van der Waals surface area contributed by atoms with Crippen LogP contribution in [0.3, 0.4) is 0 Å². The monoisotopic (exact) mass is 322 g/mol. The third-order valence-electron chi connectivity index (χ3n) is 5.25. The van der Waals surface area contributed by atoms with Gasteiger partial charge < -0.3 is 0 Å². The molecule has 4 aliphatic rings. The highest BCUT2D eigenvalue weighted by Crippen LogP contribution is 2.60. The Morgan fingerprint density at radius 2 is 1.45 bits per heavy atom. The molecular formula is C15H21BNO4S. The summed E-state index contributed by atoms with van der Waals surface area (Å²) in [7, 11) is -4.67. The lowest BCUT2D eigenvalue weighted by Crippen LogP contribution is -2.48. The SMILES string of the molecule is O=S(=O)(O)O.[B].c1ccc(C23CC4CC(CC(C4)C2)C3)nc1. The summed E-state index contributed by atoms with van der Waals surface area (Å²) >= 11 is 0. The molecule has 0 aromatic carbocycles. The van der Waals surface area contributed by atoms with E-state index < -0.39 is 10.4 Å². The third-order valence-corrected chi connectivity index (χ3v) is 5.25. The number of hydrogen-bond donors (Lipinski definition) is 2. The first-order valence-corrected chi connectivity index (χ1v) is 8.85. The molecule has 1 heterocycles. The van der Waals surface area contributed by atoms with Crippen molar-refractivity contribution in [1.29, 1.82) is 0 Å². The van der Waals surface area contributed by atoms with Gasteiger partial charge in [0.1, 0.15) is 0 Å². The molecule has 2 N–H and O–H groups in total. The second-order valence-electron chi connectivity index (χ2n) is 6.86. The molecule has 0 atom stereocenters. The van der Waals surface area contributed by atoms with E-state index in [1.165, 1.54) is 44.2 Å². The number of aromatic nitrogens is 1. The van der Waals surface area contributed by atoms with Crippen molar-refractivity contribution in [3.8, 4) is 0 Å².